The van der Waals surface area contributed by atoms with Crippen LogP contribution >= 0.6 is 0 Å². The molecule has 0 aliphatic carbocycles. The summed E-state index contributed by atoms with van der Waals surface area (Å²) >= 11 is 0. The zero-order valence-electron chi connectivity index (χ0n) is 7.76. The van der Waals surface area contributed by atoms with Gasteiger partial charge in [-0.2, -0.15) is 0 Å². The highest BCUT2D eigenvalue weighted by molar-refractivity contribution is 4.90. The number of rotatable bonds is 5. The molecule has 1 aromatic heterocycles. The molecule has 0 spiro atoms. The van der Waals surface area contributed by atoms with E-state index < -0.39 is 0 Å². The summed E-state index contributed by atoms with van der Waals surface area (Å²) in [5, 5.41) is 3.26. The summed E-state index contributed by atoms with van der Waals surface area (Å²) in [6.07, 6.45) is 4.17. The van der Waals surface area contributed by atoms with Crippen LogP contribution in [0.4, 0.5) is 0 Å². The van der Waals surface area contributed by atoms with E-state index in [0.29, 0.717) is 0 Å². The molecule has 0 unspecified atom stereocenters. The van der Waals surface area contributed by atoms with Crippen molar-refractivity contribution in [2.75, 3.05) is 6.54 Å². The number of hydrogen-bond donors (Lipinski definition) is 1. The molecular weight excluding hydrogens is 152 g/mol. The van der Waals surface area contributed by atoms with Crippen molar-refractivity contribution in [3.8, 4) is 0 Å². The second-order valence-electron chi connectivity index (χ2n) is 2.89. The molecule has 0 radical (unpaired) electrons. The highest BCUT2D eigenvalue weighted by atomic mass is 16.4. The van der Waals surface area contributed by atoms with Crippen molar-refractivity contribution in [1.82, 2.24) is 10.3 Å². The van der Waals surface area contributed by atoms with Crippen molar-refractivity contribution in [3.05, 3.63) is 17.8 Å². The lowest BCUT2D eigenvalue weighted by atomic mass is 10.3. The predicted molar refractivity (Wildman–Crippen MR) is 47.9 cm³/mol. The molecule has 0 aliphatic rings. The zero-order valence-corrected chi connectivity index (χ0v) is 7.76. The Morgan fingerprint density at radius 3 is 3.00 bits per heavy atom. The average Bonchev–Trinajstić information content (AvgIpc) is 2.45. The quantitative estimate of drug-likeness (QED) is 0.682. The Balaban J connectivity index is 2.15. The molecule has 3 nitrogen and oxygen atoms in total. The number of unbranched alkanes of at least 4 members (excludes halogenated alkanes) is 1. The molecule has 1 N–H and O–H groups in total. The van der Waals surface area contributed by atoms with Gasteiger partial charge in [-0.25, -0.2) is 4.98 Å². The first-order chi connectivity index (χ1) is 5.83. The second kappa shape index (κ2) is 4.93. The van der Waals surface area contributed by atoms with Gasteiger partial charge >= 0.3 is 0 Å². The summed E-state index contributed by atoms with van der Waals surface area (Å²) in [6, 6.07) is 0. The maximum Gasteiger partial charge on any atom is 0.208 e. The zero-order chi connectivity index (χ0) is 8.81. The van der Waals surface area contributed by atoms with E-state index in [4.69, 9.17) is 4.42 Å². The first-order valence-electron chi connectivity index (χ1n) is 4.45. The number of aryl methyl sites for hydroxylation is 1. The van der Waals surface area contributed by atoms with Crippen LogP contribution in [0, 0.1) is 6.92 Å². The molecule has 0 saturated heterocycles. The Labute approximate surface area is 73.2 Å². The first kappa shape index (κ1) is 9.26. The smallest absolute Gasteiger partial charge is 0.208 e. The molecule has 12 heavy (non-hydrogen) atoms. The lowest BCUT2D eigenvalue weighted by molar-refractivity contribution is 0.447. The summed E-state index contributed by atoms with van der Waals surface area (Å²) in [5.41, 5.74) is 0. The molecule has 68 valence electrons. The van der Waals surface area contributed by atoms with Crippen LogP contribution in [0.1, 0.15) is 31.4 Å². The van der Waals surface area contributed by atoms with Crippen LogP contribution in [0.3, 0.4) is 0 Å². The van der Waals surface area contributed by atoms with E-state index in [1.165, 1.54) is 12.8 Å². The van der Waals surface area contributed by atoms with Crippen LogP contribution in [-0.4, -0.2) is 11.5 Å². The highest BCUT2D eigenvalue weighted by Gasteiger charge is 1.97. The predicted octanol–water partition coefficient (Wildman–Crippen LogP) is 1.87. The Kier molecular flexibility index (Phi) is 3.80. The summed E-state index contributed by atoms with van der Waals surface area (Å²) in [4.78, 5) is 4.08. The SMILES string of the molecule is CCCCNCc1ncc(C)o1. The molecule has 0 bridgehead atoms. The molecule has 1 heterocycles. The van der Waals surface area contributed by atoms with E-state index in [1.807, 2.05) is 6.92 Å². The van der Waals surface area contributed by atoms with Crippen LogP contribution in [0.25, 0.3) is 0 Å². The van der Waals surface area contributed by atoms with Crippen molar-refractivity contribution in [2.45, 2.75) is 33.2 Å². The molecule has 0 aromatic carbocycles. The molecule has 1 aromatic rings. The molecule has 0 saturated carbocycles. The fourth-order valence-corrected chi connectivity index (χ4v) is 0.980. The largest absolute Gasteiger partial charge is 0.445 e. The van der Waals surface area contributed by atoms with Crippen LogP contribution < -0.4 is 5.32 Å². The lowest BCUT2D eigenvalue weighted by Crippen LogP contribution is -2.14. The van der Waals surface area contributed by atoms with Crippen molar-refractivity contribution in [3.63, 3.8) is 0 Å². The second-order valence-corrected chi connectivity index (χ2v) is 2.89. The third-order valence-corrected chi connectivity index (χ3v) is 1.65. The van der Waals surface area contributed by atoms with Crippen LogP contribution in [0.15, 0.2) is 10.6 Å². The van der Waals surface area contributed by atoms with Gasteiger partial charge in [-0.3, -0.25) is 0 Å². The van der Waals surface area contributed by atoms with Crippen LogP contribution in [0.2, 0.25) is 0 Å². The van der Waals surface area contributed by atoms with Crippen molar-refractivity contribution >= 4 is 0 Å². The van der Waals surface area contributed by atoms with Crippen molar-refractivity contribution in [1.29, 1.82) is 0 Å². The van der Waals surface area contributed by atoms with Gasteiger partial charge in [0.1, 0.15) is 5.76 Å². The molecule has 0 aliphatic heterocycles. The molecule has 3 heteroatoms. The minimum atomic E-state index is 0.744. The van der Waals surface area contributed by atoms with Gasteiger partial charge < -0.3 is 9.73 Å². The minimum absolute atomic E-state index is 0.744. The number of aromatic nitrogens is 1. The third-order valence-electron chi connectivity index (χ3n) is 1.65. The Bertz CT molecular complexity index is 220. The van der Waals surface area contributed by atoms with Gasteiger partial charge in [0, 0.05) is 0 Å². The van der Waals surface area contributed by atoms with Crippen molar-refractivity contribution < 1.29 is 4.42 Å². The monoisotopic (exact) mass is 168 g/mol. The van der Waals surface area contributed by atoms with Gasteiger partial charge in [-0.15, -0.1) is 0 Å². The Morgan fingerprint density at radius 1 is 1.58 bits per heavy atom. The van der Waals surface area contributed by atoms with Gasteiger partial charge in [-0.05, 0) is 19.9 Å². The molecular formula is C9H16N2O. The molecule has 0 fully saturated rings. The van der Waals surface area contributed by atoms with Gasteiger partial charge in [0.15, 0.2) is 0 Å². The highest BCUT2D eigenvalue weighted by Crippen LogP contribution is 2.00. The normalized spacial score (nSPS) is 10.5. The summed E-state index contributed by atoms with van der Waals surface area (Å²) in [5.74, 6) is 1.66. The summed E-state index contributed by atoms with van der Waals surface area (Å²) < 4.78 is 5.29. The van der Waals surface area contributed by atoms with Gasteiger partial charge in [0.25, 0.3) is 0 Å². The number of nitrogens with one attached hydrogen (secondary N) is 1. The van der Waals surface area contributed by atoms with Crippen LogP contribution in [-0.2, 0) is 6.54 Å². The van der Waals surface area contributed by atoms with Gasteiger partial charge in [0.05, 0.1) is 12.7 Å². The average molecular weight is 168 g/mol. The third kappa shape index (κ3) is 3.05. The van der Waals surface area contributed by atoms with Gasteiger partial charge in [-0.1, -0.05) is 13.3 Å². The molecule has 0 amide bonds. The Hall–Kier alpha value is -0.830. The van der Waals surface area contributed by atoms with Gasteiger partial charge in [0.2, 0.25) is 5.89 Å². The van der Waals surface area contributed by atoms with E-state index >= 15 is 0 Å². The Morgan fingerprint density at radius 2 is 2.42 bits per heavy atom. The van der Waals surface area contributed by atoms with E-state index in [-0.39, 0.29) is 0 Å². The number of nitrogens with zero attached hydrogens (tertiary/aromatic N) is 1. The first-order valence-corrected chi connectivity index (χ1v) is 4.45. The minimum Gasteiger partial charge on any atom is -0.445 e. The number of hydrogen-bond acceptors (Lipinski definition) is 3. The van der Waals surface area contributed by atoms with E-state index in [1.54, 1.807) is 6.20 Å². The fraction of sp³-hybridized carbons (Fsp3) is 0.667. The summed E-state index contributed by atoms with van der Waals surface area (Å²) in [7, 11) is 0. The summed E-state index contributed by atoms with van der Waals surface area (Å²) in [6.45, 7) is 5.87. The molecule has 1 rings (SSSR count). The standard InChI is InChI=1S/C9H16N2O/c1-3-4-5-10-7-9-11-6-8(2)12-9/h6,10H,3-5,7H2,1-2H3. The van der Waals surface area contributed by atoms with E-state index in [0.717, 1.165) is 24.7 Å². The van der Waals surface area contributed by atoms with E-state index in [9.17, 15) is 0 Å². The number of oxazole rings is 1. The fourth-order valence-electron chi connectivity index (χ4n) is 0.980. The van der Waals surface area contributed by atoms with Crippen LogP contribution in [0.5, 0.6) is 0 Å². The van der Waals surface area contributed by atoms with Crippen molar-refractivity contribution in [2.24, 2.45) is 0 Å². The van der Waals surface area contributed by atoms with E-state index in [2.05, 4.69) is 17.2 Å². The molecule has 0 atom stereocenters. The topological polar surface area (TPSA) is 38.1 Å². The maximum atomic E-state index is 5.29. The lowest BCUT2D eigenvalue weighted by Gasteiger charge is -1.98. The maximum absolute atomic E-state index is 5.29.